The van der Waals surface area contributed by atoms with Crippen LogP contribution in [0.5, 0.6) is 0 Å². The Bertz CT molecular complexity index is 3630. The Balaban J connectivity index is 0.000000287. The number of hydrogen-bond acceptors (Lipinski definition) is 16. The van der Waals surface area contributed by atoms with Crippen LogP contribution >= 0.6 is 15.9 Å². The Morgan fingerprint density at radius 1 is 0.653 bits per heavy atom. The number of carbonyl (C=O) groups excluding carboxylic acids is 4. The van der Waals surface area contributed by atoms with Crippen LogP contribution in [0.1, 0.15) is 219 Å². The minimum atomic E-state index is -0.546. The van der Waals surface area contributed by atoms with Crippen molar-refractivity contribution in [2.45, 2.75) is 237 Å². The van der Waals surface area contributed by atoms with Crippen LogP contribution in [0.4, 0.5) is 21.0 Å². The zero-order valence-corrected chi connectivity index (χ0v) is 66.1. The minimum absolute atomic E-state index is 0.0174. The molecule has 22 heteroatoms. The third kappa shape index (κ3) is 24.5. The quantitative estimate of drug-likeness (QED) is 0.0492. The SMILES string of the molecule is C#CCN1C[C@@H](C)N(C(=O)OC(C)(C)C)[C@@H](C)C1.CCN(c1cc(Br)cc(C(=O)OC)c1C)C1CCOCC1.CCN(c1cc(C#CCN2C[C@@H](C)N(C(=O)OC(C)(C)C)[C@@H](C)C2)cc(C(=O)NCc2c(C(C)C)cc(C)[nH]c2=O)c1C)C1CCOCC1.Cc1cc(C(C)C)c(CN)c(=O)[nH]1. The fourth-order valence-electron chi connectivity index (χ4n) is 13.9. The number of anilines is 2. The number of terminal acetylenes is 1. The summed E-state index contributed by atoms with van der Waals surface area (Å²) in [5, 5.41) is 3.05. The molecule has 5 N–H and O–H groups in total. The fourth-order valence-corrected chi connectivity index (χ4v) is 14.3. The maximum atomic E-state index is 13.9. The molecule has 2 aromatic heterocycles. The first-order chi connectivity index (χ1) is 47.5. The van der Waals surface area contributed by atoms with E-state index >= 15 is 0 Å². The average Bonchev–Trinajstić information content (AvgIpc) is 0.801. The molecule has 4 atom stereocenters. The van der Waals surface area contributed by atoms with E-state index in [0.29, 0.717) is 86.2 Å². The molecule has 0 aliphatic carbocycles. The predicted octanol–water partition coefficient (Wildman–Crippen LogP) is 12.5. The van der Waals surface area contributed by atoms with Gasteiger partial charge in [-0.05, 0) is 207 Å². The van der Waals surface area contributed by atoms with E-state index in [0.717, 1.165) is 120 Å². The number of hydrogen-bond donors (Lipinski definition) is 4. The van der Waals surface area contributed by atoms with E-state index in [4.69, 9.17) is 35.8 Å². The first kappa shape index (κ1) is 84.5. The minimum Gasteiger partial charge on any atom is -0.465 e. The molecule has 0 unspecified atom stereocenters. The lowest BCUT2D eigenvalue weighted by Gasteiger charge is -2.44. The topological polar surface area (TPSA) is 238 Å². The summed E-state index contributed by atoms with van der Waals surface area (Å²) >= 11 is 3.51. The third-order valence-electron chi connectivity index (χ3n) is 18.5. The van der Waals surface area contributed by atoms with Crippen molar-refractivity contribution < 1.29 is 42.9 Å². The number of amides is 3. The number of esters is 1. The van der Waals surface area contributed by atoms with Gasteiger partial charge < -0.3 is 64.3 Å². The molecule has 0 saturated carbocycles. The molecule has 0 spiro atoms. The zero-order valence-electron chi connectivity index (χ0n) is 64.5. The highest BCUT2D eigenvalue weighted by atomic mass is 79.9. The van der Waals surface area contributed by atoms with Crippen molar-refractivity contribution in [1.29, 1.82) is 0 Å². The van der Waals surface area contributed by atoms with Gasteiger partial charge in [-0.2, -0.15) is 0 Å². The van der Waals surface area contributed by atoms with Crippen LogP contribution in [0.3, 0.4) is 0 Å². The number of methoxy groups -OCH3 is 1. The molecule has 4 aromatic rings. The van der Waals surface area contributed by atoms with Gasteiger partial charge in [-0.15, -0.1) is 6.42 Å². The summed E-state index contributed by atoms with van der Waals surface area (Å²) < 4.78 is 28.0. The molecule has 4 aliphatic heterocycles. The molecule has 4 aliphatic rings. The zero-order chi connectivity index (χ0) is 75.4. The standard InChI is InChI=1S/C39H57N5O5.C16H22BrNO3.C14H24N2O2.C10H16N2O/c1-11-43(31-14-17-48-18-15-31)35-21-30(13-12-16-42-23-27(5)44(28(6)24-42)38(47)49-39(8,9)10)20-33(29(35)7)36(45)40-22-34-32(25(2)3)19-26(4)41-37(34)46;1-4-18(13-5-7-21-8-6-13)15-10-12(17)9-14(11(15)2)16(19)20-3;1-7-8-15-9-11(2)16(12(3)10-15)13(17)18-14(4,5)6;1-6(2)8-4-7(3)12-10(13)9(8)5-11/h19-21,25,27-28,31H,11,14-18,22-24H2,1-10H3,(H,40,45)(H,41,46);9-10,13H,4-8H2,1-3H3;1,11-12H,8-10H2,2-6H3;4,6H,5,11H2,1-3H3,(H,12,13)/t27-,28+;;11-,12+;. The summed E-state index contributed by atoms with van der Waals surface area (Å²) in [6.07, 6.45) is 8.70. The van der Waals surface area contributed by atoms with Crippen molar-refractivity contribution in [2.24, 2.45) is 5.73 Å². The van der Waals surface area contributed by atoms with Gasteiger partial charge in [-0.3, -0.25) is 24.2 Å². The van der Waals surface area contributed by atoms with Gasteiger partial charge in [-0.1, -0.05) is 61.4 Å². The third-order valence-corrected chi connectivity index (χ3v) is 18.9. The van der Waals surface area contributed by atoms with Crippen LogP contribution in [-0.4, -0.2) is 187 Å². The number of benzene rings is 2. The van der Waals surface area contributed by atoms with E-state index < -0.39 is 11.2 Å². The number of halogens is 1. The molecule has 21 nitrogen and oxygen atoms in total. The summed E-state index contributed by atoms with van der Waals surface area (Å²) in [6, 6.07) is 12.8. The molecule has 4 saturated heterocycles. The number of nitrogens with two attached hydrogens (primary N) is 1. The number of H-pyrrole nitrogens is 2. The Hall–Kier alpha value is -7.18. The molecule has 0 radical (unpaired) electrons. The molecule has 4 fully saturated rings. The maximum absolute atomic E-state index is 13.9. The number of aryl methyl sites for hydroxylation is 2. The van der Waals surface area contributed by atoms with Crippen molar-refractivity contribution in [3.63, 3.8) is 0 Å². The maximum Gasteiger partial charge on any atom is 0.410 e. The summed E-state index contributed by atoms with van der Waals surface area (Å²) in [6.45, 7) is 49.0. The number of pyridine rings is 2. The second-order valence-corrected chi connectivity index (χ2v) is 30.6. The molecule has 2 aromatic carbocycles. The Morgan fingerprint density at radius 3 is 1.48 bits per heavy atom. The molecule has 8 rings (SSSR count). The lowest BCUT2D eigenvalue weighted by molar-refractivity contribution is -0.0139. The highest BCUT2D eigenvalue weighted by molar-refractivity contribution is 9.10. The van der Waals surface area contributed by atoms with Gasteiger partial charge in [0.25, 0.3) is 17.0 Å². The van der Waals surface area contributed by atoms with Gasteiger partial charge >= 0.3 is 18.2 Å². The number of piperazine rings is 2. The summed E-state index contributed by atoms with van der Waals surface area (Å²) in [7, 11) is 1.42. The summed E-state index contributed by atoms with van der Waals surface area (Å²) in [5.74, 6) is 9.33. The normalized spacial score (nSPS) is 18.5. The van der Waals surface area contributed by atoms with Crippen LogP contribution in [0.25, 0.3) is 0 Å². The monoisotopic (exact) mass is 1460 g/mol. The number of nitrogens with one attached hydrogen (secondary N) is 3. The van der Waals surface area contributed by atoms with E-state index in [1.54, 1.807) is 0 Å². The largest absolute Gasteiger partial charge is 0.465 e. The van der Waals surface area contributed by atoms with Crippen LogP contribution in [0, 0.1) is 51.9 Å². The Morgan fingerprint density at radius 2 is 1.07 bits per heavy atom. The lowest BCUT2D eigenvalue weighted by atomic mass is 9.97. The van der Waals surface area contributed by atoms with Gasteiger partial charge in [0.2, 0.25) is 0 Å². The smallest absolute Gasteiger partial charge is 0.410 e. The number of rotatable bonds is 15. The van der Waals surface area contributed by atoms with Gasteiger partial charge in [0.1, 0.15) is 11.2 Å². The number of aromatic amines is 2. The Kier molecular flexibility index (Phi) is 32.5. The average molecular weight is 1460 g/mol. The van der Waals surface area contributed by atoms with Gasteiger partial charge in [0.05, 0.1) is 25.8 Å². The number of ether oxygens (including phenoxy) is 5. The molecular weight excluding hydrogens is 1340 g/mol. The van der Waals surface area contributed by atoms with Crippen molar-refractivity contribution >= 4 is 51.4 Å². The van der Waals surface area contributed by atoms with Crippen LogP contribution in [0.2, 0.25) is 0 Å². The van der Waals surface area contributed by atoms with Crippen LogP contribution in [-0.2, 0) is 36.8 Å². The second-order valence-electron chi connectivity index (χ2n) is 29.7. The molecular formula is C79H119BrN10O11. The predicted molar refractivity (Wildman–Crippen MR) is 409 cm³/mol. The van der Waals surface area contributed by atoms with Crippen molar-refractivity contribution in [1.82, 2.24) is 34.9 Å². The van der Waals surface area contributed by atoms with E-state index in [1.807, 2.05) is 131 Å². The van der Waals surface area contributed by atoms with Gasteiger partial charge in [0.15, 0.2) is 0 Å². The van der Waals surface area contributed by atoms with E-state index in [-0.39, 0.29) is 71.8 Å². The Labute approximate surface area is 611 Å². The van der Waals surface area contributed by atoms with Gasteiger partial charge in [0, 0.05) is 165 Å². The lowest BCUT2D eigenvalue weighted by Crippen LogP contribution is -2.59. The van der Waals surface area contributed by atoms with Crippen LogP contribution in [0.15, 0.2) is 50.5 Å². The molecule has 6 heterocycles. The van der Waals surface area contributed by atoms with Gasteiger partial charge in [-0.25, -0.2) is 14.4 Å². The number of carbonyl (C=O) groups is 4. The first-order valence-electron chi connectivity index (χ1n) is 36.0. The number of aromatic nitrogens is 2. The van der Waals surface area contributed by atoms with Crippen LogP contribution < -0.4 is 32.0 Å². The first-order valence-corrected chi connectivity index (χ1v) is 36.8. The molecule has 558 valence electrons. The number of nitrogens with zero attached hydrogens (tertiary/aromatic N) is 6. The van der Waals surface area contributed by atoms with Crippen molar-refractivity contribution in [2.75, 3.05) is 95.7 Å². The van der Waals surface area contributed by atoms with Crippen molar-refractivity contribution in [3.05, 3.63) is 123 Å². The van der Waals surface area contributed by atoms with E-state index in [1.165, 1.54) is 7.11 Å². The highest BCUT2D eigenvalue weighted by Crippen LogP contribution is 2.34. The molecule has 0 bridgehead atoms. The highest BCUT2D eigenvalue weighted by Gasteiger charge is 2.37. The molecule has 101 heavy (non-hydrogen) atoms. The van der Waals surface area contributed by atoms with E-state index in [9.17, 15) is 28.8 Å². The fraction of sp³-hybridized carbons (Fsp3) is 0.620. The van der Waals surface area contributed by atoms with Crippen molar-refractivity contribution in [3.8, 4) is 24.2 Å². The summed E-state index contributed by atoms with van der Waals surface area (Å²) in [4.78, 5) is 93.7. The van der Waals surface area contributed by atoms with E-state index in [2.05, 4.69) is 122 Å². The second kappa shape index (κ2) is 38.9. The summed E-state index contributed by atoms with van der Waals surface area (Å²) in [5.41, 5.74) is 15.2. The molecule has 3 amide bonds.